The van der Waals surface area contributed by atoms with E-state index in [1.54, 1.807) is 39.9 Å². The quantitative estimate of drug-likeness (QED) is 0.467. The van der Waals surface area contributed by atoms with Gasteiger partial charge in [-0.15, -0.1) is 0 Å². The third-order valence-electron chi connectivity index (χ3n) is 7.11. The summed E-state index contributed by atoms with van der Waals surface area (Å²) in [5, 5.41) is 13.3. The van der Waals surface area contributed by atoms with E-state index in [0.717, 1.165) is 43.7 Å². The fourth-order valence-electron chi connectivity index (χ4n) is 5.16. The molecule has 0 spiro atoms. The highest BCUT2D eigenvalue weighted by molar-refractivity contribution is 5.69. The number of imidazole rings is 1. The van der Waals surface area contributed by atoms with Crippen molar-refractivity contribution in [3.63, 3.8) is 0 Å². The van der Waals surface area contributed by atoms with Crippen molar-refractivity contribution >= 4 is 11.8 Å². The fourth-order valence-corrected chi connectivity index (χ4v) is 5.16. The smallest absolute Gasteiger partial charge is 0.328 e. The maximum atomic E-state index is 13.6. The Bertz CT molecular complexity index is 1270. The number of aromatic nitrogens is 4. The van der Waals surface area contributed by atoms with Crippen LogP contribution in [0.2, 0.25) is 0 Å². The summed E-state index contributed by atoms with van der Waals surface area (Å²) in [6.07, 6.45) is 8.43. The minimum Gasteiger partial charge on any atom is -0.481 e. The number of ether oxygens (including phenoxy) is 1. The van der Waals surface area contributed by atoms with Crippen LogP contribution in [-0.2, 0) is 29.7 Å². The van der Waals surface area contributed by atoms with Crippen LogP contribution in [0, 0.1) is 5.41 Å². The molecule has 1 aliphatic heterocycles. The largest absolute Gasteiger partial charge is 0.481 e. The lowest BCUT2D eigenvalue weighted by Crippen LogP contribution is -2.52. The number of aryl methyl sites for hydroxylation is 3. The number of carbonyl (C=O) groups is 1. The van der Waals surface area contributed by atoms with Crippen molar-refractivity contribution in [1.82, 2.24) is 19.1 Å². The number of rotatable bonds is 9. The molecule has 0 saturated heterocycles. The Morgan fingerprint density at radius 2 is 2.00 bits per heavy atom. The number of methoxy groups -OCH3 is 1. The molecular weight excluding hydrogens is 458 g/mol. The summed E-state index contributed by atoms with van der Waals surface area (Å²) in [4.78, 5) is 34.8. The Hall–Kier alpha value is -3.62. The van der Waals surface area contributed by atoms with Crippen molar-refractivity contribution in [2.75, 3.05) is 19.0 Å². The number of nitrogens with zero attached hydrogens (tertiary/aromatic N) is 4. The number of pyridine rings is 2. The van der Waals surface area contributed by atoms with Crippen LogP contribution in [0.1, 0.15) is 56.9 Å². The molecule has 0 fully saturated rings. The Labute approximate surface area is 211 Å². The minimum atomic E-state index is -1.15. The Kier molecular flexibility index (Phi) is 7.19. The van der Waals surface area contributed by atoms with E-state index >= 15 is 0 Å². The molecule has 0 saturated carbocycles. The first kappa shape index (κ1) is 25.5. The van der Waals surface area contributed by atoms with E-state index < -0.39 is 16.9 Å². The van der Waals surface area contributed by atoms with Gasteiger partial charge in [-0.05, 0) is 54.4 Å². The predicted molar refractivity (Wildman–Crippen MR) is 138 cm³/mol. The molecule has 0 amide bonds. The molecule has 3 aromatic rings. The van der Waals surface area contributed by atoms with Gasteiger partial charge in [0.25, 0.3) is 0 Å². The lowest BCUT2D eigenvalue weighted by molar-refractivity contribution is -0.140. The first-order chi connectivity index (χ1) is 17.2. The van der Waals surface area contributed by atoms with Gasteiger partial charge in [-0.25, -0.2) is 14.8 Å². The maximum absolute atomic E-state index is 13.6. The van der Waals surface area contributed by atoms with Crippen LogP contribution in [0.4, 0.5) is 5.82 Å². The molecule has 192 valence electrons. The third-order valence-corrected chi connectivity index (χ3v) is 7.11. The molecule has 36 heavy (non-hydrogen) atoms. The zero-order valence-electron chi connectivity index (χ0n) is 21.5. The second-order valence-electron chi connectivity index (χ2n) is 10.4. The predicted octanol–water partition coefficient (Wildman–Crippen LogP) is 3.70. The molecule has 0 unspecified atom stereocenters. The van der Waals surface area contributed by atoms with Crippen molar-refractivity contribution in [2.45, 2.75) is 65.0 Å². The van der Waals surface area contributed by atoms with Crippen molar-refractivity contribution in [3.8, 4) is 5.88 Å². The summed E-state index contributed by atoms with van der Waals surface area (Å²) in [6.45, 7) is 7.29. The molecule has 0 radical (unpaired) electrons. The Morgan fingerprint density at radius 1 is 1.19 bits per heavy atom. The van der Waals surface area contributed by atoms with E-state index in [1.165, 1.54) is 12.7 Å². The van der Waals surface area contributed by atoms with Crippen molar-refractivity contribution in [2.24, 2.45) is 5.41 Å². The summed E-state index contributed by atoms with van der Waals surface area (Å²) in [7, 11) is 1.52. The first-order valence-corrected chi connectivity index (χ1v) is 12.4. The number of aliphatic carboxylic acids is 1. The van der Waals surface area contributed by atoms with Crippen LogP contribution in [0.3, 0.4) is 0 Å². The van der Waals surface area contributed by atoms with Gasteiger partial charge in [0.2, 0.25) is 5.88 Å². The summed E-state index contributed by atoms with van der Waals surface area (Å²) in [5.74, 6) is 0.402. The zero-order valence-corrected chi connectivity index (χ0v) is 21.5. The van der Waals surface area contributed by atoms with E-state index in [-0.39, 0.29) is 12.1 Å². The van der Waals surface area contributed by atoms with Gasteiger partial charge in [0.15, 0.2) is 0 Å². The highest BCUT2D eigenvalue weighted by atomic mass is 16.5. The number of anilines is 1. The van der Waals surface area contributed by atoms with Crippen molar-refractivity contribution < 1.29 is 14.6 Å². The molecule has 0 aliphatic carbocycles. The normalized spacial score (nSPS) is 15.0. The second-order valence-corrected chi connectivity index (χ2v) is 10.4. The van der Waals surface area contributed by atoms with E-state index in [0.29, 0.717) is 18.0 Å². The van der Waals surface area contributed by atoms with Crippen LogP contribution < -0.4 is 15.7 Å². The van der Waals surface area contributed by atoms with E-state index in [1.807, 2.05) is 20.8 Å². The average molecular weight is 494 g/mol. The molecule has 4 heterocycles. The van der Waals surface area contributed by atoms with Crippen LogP contribution >= 0.6 is 0 Å². The fraction of sp³-hybridized carbons (Fsp3) is 0.481. The van der Waals surface area contributed by atoms with Gasteiger partial charge in [-0.3, -0.25) is 13.9 Å². The molecule has 1 atom stereocenters. The SMILES string of the molecule is COc1ccc([C@@](CC(=O)O)(n2ccn(CCCc3ccc4c(n3)NCCC4)c2=O)C(C)(C)C)cn1. The van der Waals surface area contributed by atoms with Gasteiger partial charge in [-0.1, -0.05) is 26.8 Å². The highest BCUT2D eigenvalue weighted by Crippen LogP contribution is 2.45. The Balaban J connectivity index is 1.62. The summed E-state index contributed by atoms with van der Waals surface area (Å²) in [5.41, 5.74) is 0.883. The van der Waals surface area contributed by atoms with Crippen LogP contribution in [0.5, 0.6) is 5.88 Å². The second kappa shape index (κ2) is 10.2. The number of carboxylic acids is 1. The number of hydrogen-bond donors (Lipinski definition) is 2. The molecule has 2 N–H and O–H groups in total. The number of carboxylic acid groups (broad SMARTS) is 1. The van der Waals surface area contributed by atoms with Gasteiger partial charge in [0.1, 0.15) is 5.82 Å². The zero-order chi connectivity index (χ0) is 25.9. The van der Waals surface area contributed by atoms with Gasteiger partial charge < -0.3 is 15.2 Å². The van der Waals surface area contributed by atoms with Gasteiger partial charge >= 0.3 is 11.7 Å². The molecule has 0 aromatic carbocycles. The molecule has 0 bridgehead atoms. The first-order valence-electron chi connectivity index (χ1n) is 12.4. The van der Waals surface area contributed by atoms with Crippen LogP contribution in [0.15, 0.2) is 47.7 Å². The molecule has 1 aliphatic rings. The highest BCUT2D eigenvalue weighted by Gasteiger charge is 2.48. The van der Waals surface area contributed by atoms with Gasteiger partial charge in [0, 0.05) is 43.4 Å². The summed E-state index contributed by atoms with van der Waals surface area (Å²) >= 11 is 0. The monoisotopic (exact) mass is 493 g/mol. The topological polar surface area (TPSA) is 111 Å². The number of hydrogen-bond acceptors (Lipinski definition) is 6. The summed E-state index contributed by atoms with van der Waals surface area (Å²) in [6, 6.07) is 7.69. The number of nitrogens with one attached hydrogen (secondary N) is 1. The van der Waals surface area contributed by atoms with E-state index in [2.05, 4.69) is 22.4 Å². The molecule has 9 nitrogen and oxygen atoms in total. The van der Waals surface area contributed by atoms with Gasteiger partial charge in [0.05, 0.1) is 19.1 Å². The maximum Gasteiger partial charge on any atom is 0.328 e. The van der Waals surface area contributed by atoms with Gasteiger partial charge in [-0.2, -0.15) is 0 Å². The van der Waals surface area contributed by atoms with Crippen LogP contribution in [0.25, 0.3) is 0 Å². The third kappa shape index (κ3) is 4.87. The lowest BCUT2D eigenvalue weighted by atomic mass is 9.67. The summed E-state index contributed by atoms with van der Waals surface area (Å²) < 4.78 is 8.39. The lowest BCUT2D eigenvalue weighted by Gasteiger charge is -2.44. The van der Waals surface area contributed by atoms with Crippen molar-refractivity contribution in [1.29, 1.82) is 0 Å². The van der Waals surface area contributed by atoms with E-state index in [9.17, 15) is 14.7 Å². The molecule has 4 rings (SSSR count). The van der Waals surface area contributed by atoms with Crippen molar-refractivity contribution in [3.05, 3.63) is 70.2 Å². The minimum absolute atomic E-state index is 0.248. The van der Waals surface area contributed by atoms with Crippen LogP contribution in [-0.4, -0.2) is 43.8 Å². The molecular formula is C27H35N5O4. The molecule has 3 aromatic heterocycles. The standard InChI is InChI=1S/C27H35N5O4/c1-26(2,3)27(17-23(33)34,20-10-12-22(36-4)29-18-20)32-16-15-31(25(32)35)14-6-8-21-11-9-19-7-5-13-28-24(19)30-21/h9-12,15-16,18H,5-8,13-14,17H2,1-4H3,(H,28,30)(H,33,34)/t27-/m1/s1. The van der Waals surface area contributed by atoms with E-state index in [4.69, 9.17) is 9.72 Å². The average Bonchev–Trinajstić information content (AvgIpc) is 3.22. The Morgan fingerprint density at radius 3 is 2.67 bits per heavy atom. The molecule has 9 heteroatoms. The number of fused-ring (bicyclic) bond motifs is 1.